The lowest BCUT2D eigenvalue weighted by Gasteiger charge is -2.24. The van der Waals surface area contributed by atoms with Crippen molar-refractivity contribution in [2.24, 2.45) is 4.99 Å². The van der Waals surface area contributed by atoms with Gasteiger partial charge in [0.2, 0.25) is 0 Å². The zero-order chi connectivity index (χ0) is 28.6. The van der Waals surface area contributed by atoms with Crippen LogP contribution in [0.25, 0.3) is 17.4 Å². The van der Waals surface area contributed by atoms with Crippen LogP contribution in [-0.4, -0.2) is 29.2 Å². The molecule has 1 aliphatic heterocycles. The Kier molecular flexibility index (Phi) is 7.42. The molecular weight excluding hydrogens is 558 g/mol. The number of nitrogens with zero attached hydrogens (tertiary/aromatic N) is 3. The minimum Gasteiger partial charge on any atom is -0.497 e. The van der Waals surface area contributed by atoms with Crippen molar-refractivity contribution in [3.63, 3.8) is 0 Å². The van der Waals surface area contributed by atoms with Gasteiger partial charge in [-0.05, 0) is 49.7 Å². The summed E-state index contributed by atoms with van der Waals surface area (Å²) in [5.41, 5.74) is 1.41. The van der Waals surface area contributed by atoms with Gasteiger partial charge in [-0.3, -0.25) is 19.5 Å². The third-order valence-electron chi connectivity index (χ3n) is 6.28. The molecule has 10 nitrogen and oxygen atoms in total. The van der Waals surface area contributed by atoms with Gasteiger partial charge in [-0.1, -0.05) is 35.1 Å². The average Bonchev–Trinajstić information content (AvgIpc) is 3.52. The van der Waals surface area contributed by atoms with Gasteiger partial charge in [0, 0.05) is 23.8 Å². The van der Waals surface area contributed by atoms with E-state index >= 15 is 0 Å². The Morgan fingerprint density at radius 2 is 1.98 bits per heavy atom. The van der Waals surface area contributed by atoms with Crippen LogP contribution >= 0.6 is 22.9 Å². The van der Waals surface area contributed by atoms with Crippen molar-refractivity contribution < 1.29 is 23.6 Å². The number of esters is 1. The second-order valence-corrected chi connectivity index (χ2v) is 10.1. The fraction of sp³-hybridized carbons (Fsp3) is 0.179. The lowest BCUT2D eigenvalue weighted by atomic mass is 9.96. The van der Waals surface area contributed by atoms with Crippen LogP contribution in [0, 0.1) is 10.1 Å². The molecule has 5 rings (SSSR count). The van der Waals surface area contributed by atoms with Gasteiger partial charge in [0.25, 0.3) is 11.2 Å². The number of thiazole rings is 1. The van der Waals surface area contributed by atoms with E-state index in [1.807, 2.05) is 0 Å². The number of allylic oxidation sites excluding steroid dienone is 1. The standard InChI is InChI=1S/C28H22ClN3O7S/c1-4-38-27(34)24-15(2)30-28-31(25(24)16-5-8-18(37-3)9-6-16)26(33)23(40-28)14-19-10-12-22(39-19)20-11-7-17(32(35)36)13-21(20)29/h5-14,25H,4H2,1-3H3/b23-14-/t25-/m0/s1. The first-order valence-corrected chi connectivity index (χ1v) is 13.3. The Morgan fingerprint density at radius 3 is 2.62 bits per heavy atom. The molecule has 0 N–H and O–H groups in total. The maximum Gasteiger partial charge on any atom is 0.338 e. The number of aromatic nitrogens is 1. The van der Waals surface area contributed by atoms with Gasteiger partial charge in [0.1, 0.15) is 17.3 Å². The number of benzene rings is 2. The summed E-state index contributed by atoms with van der Waals surface area (Å²) >= 11 is 7.41. The van der Waals surface area contributed by atoms with Crippen LogP contribution < -0.4 is 19.6 Å². The molecule has 1 atom stereocenters. The molecule has 4 aromatic rings. The van der Waals surface area contributed by atoms with Crippen LogP contribution in [0.5, 0.6) is 5.75 Å². The molecule has 0 aliphatic carbocycles. The first kappa shape index (κ1) is 27.1. The van der Waals surface area contributed by atoms with E-state index in [-0.39, 0.29) is 28.4 Å². The van der Waals surface area contributed by atoms with Crippen molar-refractivity contribution in [1.82, 2.24) is 4.57 Å². The van der Waals surface area contributed by atoms with Gasteiger partial charge in [-0.2, -0.15) is 0 Å². The van der Waals surface area contributed by atoms with Gasteiger partial charge in [0.15, 0.2) is 4.80 Å². The SMILES string of the molecule is CCOC(=O)C1=C(C)N=c2s/c(=C\c3ccc(-c4ccc([N+](=O)[O-])cc4Cl)o3)c(=O)n2[C@H]1c1ccc(OC)cc1. The van der Waals surface area contributed by atoms with Crippen molar-refractivity contribution in [3.05, 3.63) is 112 Å². The van der Waals surface area contributed by atoms with E-state index in [1.165, 1.54) is 22.8 Å². The summed E-state index contributed by atoms with van der Waals surface area (Å²) < 4.78 is 18.3. The Balaban J connectivity index is 1.60. The second-order valence-electron chi connectivity index (χ2n) is 8.70. The summed E-state index contributed by atoms with van der Waals surface area (Å²) in [5, 5.41) is 11.2. The highest BCUT2D eigenvalue weighted by Gasteiger charge is 2.33. The summed E-state index contributed by atoms with van der Waals surface area (Å²) in [6, 6.07) is 13.8. The number of fused-ring (bicyclic) bond motifs is 1. The van der Waals surface area contributed by atoms with Crippen LogP contribution in [0.1, 0.15) is 31.2 Å². The Morgan fingerprint density at radius 1 is 1.23 bits per heavy atom. The summed E-state index contributed by atoms with van der Waals surface area (Å²) in [6.07, 6.45) is 1.58. The maximum atomic E-state index is 13.7. The number of non-ortho nitro benzene ring substituents is 1. The number of furan rings is 1. The van der Waals surface area contributed by atoms with E-state index in [2.05, 4.69) is 4.99 Å². The molecule has 2 aromatic heterocycles. The van der Waals surface area contributed by atoms with Crippen LogP contribution in [0.15, 0.2) is 80.1 Å². The smallest absolute Gasteiger partial charge is 0.338 e. The van der Waals surface area contributed by atoms with Gasteiger partial charge in [-0.15, -0.1) is 0 Å². The van der Waals surface area contributed by atoms with E-state index in [4.69, 9.17) is 25.5 Å². The molecule has 0 spiro atoms. The molecule has 3 heterocycles. The Bertz CT molecular complexity index is 1850. The molecule has 0 unspecified atom stereocenters. The topological polar surface area (TPSA) is 126 Å². The predicted octanol–water partition coefficient (Wildman–Crippen LogP) is 4.63. The fourth-order valence-corrected chi connectivity index (χ4v) is 5.71. The number of halogens is 1. The minimum absolute atomic E-state index is 0.134. The van der Waals surface area contributed by atoms with Gasteiger partial charge in [-0.25, -0.2) is 9.79 Å². The zero-order valence-corrected chi connectivity index (χ0v) is 23.1. The Labute approximate surface area is 236 Å². The van der Waals surface area contributed by atoms with E-state index in [0.717, 1.165) is 11.3 Å². The van der Waals surface area contributed by atoms with Gasteiger partial charge < -0.3 is 13.9 Å². The highest BCUT2D eigenvalue weighted by Crippen LogP contribution is 2.33. The number of nitro benzene ring substituents is 1. The number of ether oxygens (including phenoxy) is 2. The molecule has 0 fully saturated rings. The molecule has 1 aliphatic rings. The Hall–Kier alpha value is -4.48. The summed E-state index contributed by atoms with van der Waals surface area (Å²) in [4.78, 5) is 42.2. The predicted molar refractivity (Wildman–Crippen MR) is 149 cm³/mol. The zero-order valence-electron chi connectivity index (χ0n) is 21.5. The number of nitro groups is 1. The van der Waals surface area contributed by atoms with Gasteiger partial charge in [0.05, 0.1) is 45.5 Å². The maximum absolute atomic E-state index is 13.7. The fourth-order valence-electron chi connectivity index (χ4n) is 4.41. The third-order valence-corrected chi connectivity index (χ3v) is 7.57. The van der Waals surface area contributed by atoms with E-state index in [1.54, 1.807) is 63.4 Å². The molecule has 2 aromatic carbocycles. The number of carbonyl (C=O) groups excluding carboxylic acids is 1. The number of methoxy groups -OCH3 is 1. The first-order valence-electron chi connectivity index (χ1n) is 12.1. The molecule has 40 heavy (non-hydrogen) atoms. The number of hydrogen-bond donors (Lipinski definition) is 0. The van der Waals surface area contributed by atoms with Gasteiger partial charge >= 0.3 is 5.97 Å². The molecule has 0 saturated heterocycles. The van der Waals surface area contributed by atoms with Crippen molar-refractivity contribution in [3.8, 4) is 17.1 Å². The minimum atomic E-state index is -0.755. The lowest BCUT2D eigenvalue weighted by Crippen LogP contribution is -2.39. The monoisotopic (exact) mass is 579 g/mol. The first-order chi connectivity index (χ1) is 19.2. The molecule has 12 heteroatoms. The molecule has 0 amide bonds. The third kappa shape index (κ3) is 4.96. The van der Waals surface area contributed by atoms with E-state index < -0.39 is 16.9 Å². The summed E-state index contributed by atoms with van der Waals surface area (Å²) in [5.74, 6) is 0.846. The highest BCUT2D eigenvalue weighted by molar-refractivity contribution is 7.07. The summed E-state index contributed by atoms with van der Waals surface area (Å²) in [6.45, 7) is 3.61. The molecule has 0 radical (unpaired) electrons. The molecule has 0 saturated carbocycles. The summed E-state index contributed by atoms with van der Waals surface area (Å²) in [7, 11) is 1.56. The van der Waals surface area contributed by atoms with Crippen molar-refractivity contribution in [2.75, 3.05) is 13.7 Å². The van der Waals surface area contributed by atoms with Crippen molar-refractivity contribution in [1.29, 1.82) is 0 Å². The number of rotatable bonds is 7. The molecule has 204 valence electrons. The van der Waals surface area contributed by atoms with Crippen LogP contribution in [0.2, 0.25) is 5.02 Å². The van der Waals surface area contributed by atoms with E-state index in [9.17, 15) is 19.7 Å². The van der Waals surface area contributed by atoms with Crippen LogP contribution in [0.4, 0.5) is 5.69 Å². The number of carbonyl (C=O) groups is 1. The molecule has 0 bridgehead atoms. The van der Waals surface area contributed by atoms with Crippen LogP contribution in [-0.2, 0) is 9.53 Å². The normalized spacial score (nSPS) is 15.0. The van der Waals surface area contributed by atoms with Crippen molar-refractivity contribution >= 4 is 40.7 Å². The van der Waals surface area contributed by atoms with E-state index in [0.29, 0.717) is 43.4 Å². The molecular formula is C28H22ClN3O7S. The average molecular weight is 580 g/mol. The second kappa shape index (κ2) is 10.9. The lowest BCUT2D eigenvalue weighted by molar-refractivity contribution is -0.384. The largest absolute Gasteiger partial charge is 0.497 e. The highest BCUT2D eigenvalue weighted by atomic mass is 35.5. The van der Waals surface area contributed by atoms with Crippen molar-refractivity contribution in [2.45, 2.75) is 19.9 Å². The van der Waals surface area contributed by atoms with Crippen LogP contribution in [0.3, 0.4) is 0 Å². The number of hydrogen-bond acceptors (Lipinski definition) is 9. The quantitative estimate of drug-likeness (QED) is 0.177.